The van der Waals surface area contributed by atoms with Gasteiger partial charge in [-0.05, 0) is 11.6 Å². The van der Waals surface area contributed by atoms with Crippen molar-refractivity contribution in [2.24, 2.45) is 5.73 Å². The van der Waals surface area contributed by atoms with Gasteiger partial charge in [-0.25, -0.2) is 0 Å². The monoisotopic (exact) mass is 166 g/mol. The van der Waals surface area contributed by atoms with Gasteiger partial charge in [0, 0.05) is 18.0 Å². The van der Waals surface area contributed by atoms with Crippen molar-refractivity contribution in [3.63, 3.8) is 0 Å². The van der Waals surface area contributed by atoms with Crippen LogP contribution in [-0.2, 0) is 0 Å². The van der Waals surface area contributed by atoms with Crippen molar-refractivity contribution in [1.29, 1.82) is 0 Å². The summed E-state index contributed by atoms with van der Waals surface area (Å²) >= 11 is 0. The number of aromatic nitrogens is 1. The highest BCUT2D eigenvalue weighted by atomic mass is 16.3. The van der Waals surface area contributed by atoms with E-state index in [9.17, 15) is 4.79 Å². The fourth-order valence-corrected chi connectivity index (χ4v) is 0.849. The first-order valence-electron chi connectivity index (χ1n) is 3.54. The Bertz CT molecular complexity index is 276. The van der Waals surface area contributed by atoms with E-state index in [0.717, 1.165) is 0 Å². The Morgan fingerprint density at radius 1 is 1.67 bits per heavy atom. The zero-order chi connectivity index (χ0) is 8.97. The number of rotatable bonds is 3. The van der Waals surface area contributed by atoms with Crippen LogP contribution in [0.5, 0.6) is 0 Å². The van der Waals surface area contributed by atoms with Gasteiger partial charge >= 0.3 is 0 Å². The second kappa shape index (κ2) is 3.94. The first kappa shape index (κ1) is 8.83. The Morgan fingerprint density at radius 2 is 2.42 bits per heavy atom. The van der Waals surface area contributed by atoms with Crippen molar-refractivity contribution in [2.45, 2.75) is 6.04 Å². The number of aliphatic hydroxyl groups is 1. The third kappa shape index (κ3) is 1.87. The number of hydrogen-bond acceptors (Lipinski definition) is 4. The molecular weight excluding hydrogens is 156 g/mol. The zero-order valence-electron chi connectivity index (χ0n) is 6.47. The molecule has 0 saturated carbocycles. The van der Waals surface area contributed by atoms with Gasteiger partial charge in [0.2, 0.25) is 0 Å². The molecule has 0 saturated heterocycles. The normalized spacial score (nSPS) is 12.5. The Morgan fingerprint density at radius 3 is 3.00 bits per heavy atom. The molecule has 1 aromatic rings. The van der Waals surface area contributed by atoms with Crippen molar-refractivity contribution >= 4 is 6.29 Å². The molecule has 1 aromatic heterocycles. The maximum absolute atomic E-state index is 10.3. The summed E-state index contributed by atoms with van der Waals surface area (Å²) in [4.78, 5) is 14.1. The highest BCUT2D eigenvalue weighted by Gasteiger charge is 2.04. The Kier molecular flexibility index (Phi) is 2.90. The first-order valence-corrected chi connectivity index (χ1v) is 3.54. The van der Waals surface area contributed by atoms with Crippen LogP contribution in [0.15, 0.2) is 18.5 Å². The molecule has 12 heavy (non-hydrogen) atoms. The summed E-state index contributed by atoms with van der Waals surface area (Å²) in [5.41, 5.74) is 6.65. The van der Waals surface area contributed by atoms with Crippen molar-refractivity contribution in [1.82, 2.24) is 4.98 Å². The van der Waals surface area contributed by atoms with Gasteiger partial charge in [-0.1, -0.05) is 0 Å². The lowest BCUT2D eigenvalue weighted by atomic mass is 10.1. The second-order valence-electron chi connectivity index (χ2n) is 2.46. The molecule has 0 aromatic carbocycles. The van der Waals surface area contributed by atoms with Crippen molar-refractivity contribution < 1.29 is 9.90 Å². The summed E-state index contributed by atoms with van der Waals surface area (Å²) in [5.74, 6) is 0. The van der Waals surface area contributed by atoms with Crippen LogP contribution >= 0.6 is 0 Å². The third-order valence-corrected chi connectivity index (χ3v) is 1.54. The van der Waals surface area contributed by atoms with Gasteiger partial charge in [0.1, 0.15) is 0 Å². The number of pyridine rings is 1. The van der Waals surface area contributed by atoms with E-state index in [1.165, 1.54) is 12.4 Å². The predicted octanol–water partition coefficient (Wildman–Crippen LogP) is -0.114. The van der Waals surface area contributed by atoms with E-state index < -0.39 is 6.04 Å². The van der Waals surface area contributed by atoms with Crippen molar-refractivity contribution in [2.75, 3.05) is 6.61 Å². The molecular formula is C8H10N2O2. The lowest BCUT2D eigenvalue weighted by Gasteiger charge is -2.06. The van der Waals surface area contributed by atoms with Crippen LogP contribution in [0.4, 0.5) is 0 Å². The summed E-state index contributed by atoms with van der Waals surface area (Å²) in [5, 5.41) is 8.71. The Hall–Kier alpha value is -1.26. The quantitative estimate of drug-likeness (QED) is 0.614. The molecule has 4 heteroatoms. The van der Waals surface area contributed by atoms with E-state index in [0.29, 0.717) is 17.4 Å². The van der Waals surface area contributed by atoms with Crippen LogP contribution < -0.4 is 5.73 Å². The van der Waals surface area contributed by atoms with E-state index in [4.69, 9.17) is 10.8 Å². The largest absolute Gasteiger partial charge is 0.394 e. The fraction of sp³-hybridized carbons (Fsp3) is 0.250. The molecule has 0 bridgehead atoms. The topological polar surface area (TPSA) is 76.2 Å². The maximum atomic E-state index is 10.3. The molecule has 0 fully saturated rings. The van der Waals surface area contributed by atoms with Gasteiger partial charge in [-0.2, -0.15) is 0 Å². The Balaban J connectivity index is 2.93. The molecule has 1 atom stereocenters. The number of carbonyl (C=O) groups is 1. The molecule has 1 heterocycles. The molecule has 0 aliphatic rings. The van der Waals surface area contributed by atoms with E-state index in [2.05, 4.69) is 4.98 Å². The number of carbonyl (C=O) groups excluding carboxylic acids is 1. The molecule has 0 unspecified atom stereocenters. The molecule has 4 nitrogen and oxygen atoms in total. The van der Waals surface area contributed by atoms with Crippen molar-refractivity contribution in [3.05, 3.63) is 29.6 Å². The van der Waals surface area contributed by atoms with Gasteiger partial charge < -0.3 is 10.8 Å². The third-order valence-electron chi connectivity index (χ3n) is 1.54. The minimum absolute atomic E-state index is 0.149. The standard InChI is InChI=1S/C8H10N2O2/c9-8(5-12)7-1-6(4-11)2-10-3-7/h1-4,8,12H,5,9H2/t8-/m1/s1. The summed E-state index contributed by atoms with van der Waals surface area (Å²) < 4.78 is 0. The highest BCUT2D eigenvalue weighted by Crippen LogP contribution is 2.08. The average Bonchev–Trinajstić information content (AvgIpc) is 2.17. The second-order valence-corrected chi connectivity index (χ2v) is 2.46. The SMILES string of the molecule is N[C@H](CO)c1cncc(C=O)c1. The van der Waals surface area contributed by atoms with Crippen LogP contribution in [0.2, 0.25) is 0 Å². The predicted molar refractivity (Wildman–Crippen MR) is 43.6 cm³/mol. The average molecular weight is 166 g/mol. The van der Waals surface area contributed by atoms with Gasteiger partial charge in [-0.3, -0.25) is 9.78 Å². The lowest BCUT2D eigenvalue weighted by Crippen LogP contribution is -2.14. The Labute approximate surface area is 70.0 Å². The van der Waals surface area contributed by atoms with Gasteiger partial charge in [-0.15, -0.1) is 0 Å². The molecule has 0 spiro atoms. The number of aldehydes is 1. The fourth-order valence-electron chi connectivity index (χ4n) is 0.849. The van der Waals surface area contributed by atoms with Crippen LogP contribution in [0.1, 0.15) is 22.0 Å². The number of hydrogen-bond donors (Lipinski definition) is 2. The molecule has 0 aliphatic carbocycles. The molecule has 1 rings (SSSR count). The summed E-state index contributed by atoms with van der Waals surface area (Å²) in [7, 11) is 0. The lowest BCUT2D eigenvalue weighted by molar-refractivity contribution is 0.112. The highest BCUT2D eigenvalue weighted by molar-refractivity contribution is 5.74. The number of nitrogens with zero attached hydrogens (tertiary/aromatic N) is 1. The zero-order valence-corrected chi connectivity index (χ0v) is 6.47. The van der Waals surface area contributed by atoms with Crippen LogP contribution in [0.25, 0.3) is 0 Å². The molecule has 0 amide bonds. The van der Waals surface area contributed by atoms with Gasteiger partial charge in [0.25, 0.3) is 0 Å². The molecule has 64 valence electrons. The summed E-state index contributed by atoms with van der Waals surface area (Å²) in [6.07, 6.45) is 3.68. The van der Waals surface area contributed by atoms with Crippen LogP contribution in [-0.4, -0.2) is 23.0 Å². The smallest absolute Gasteiger partial charge is 0.151 e. The summed E-state index contributed by atoms with van der Waals surface area (Å²) in [6.45, 7) is -0.149. The van der Waals surface area contributed by atoms with E-state index in [1.807, 2.05) is 0 Å². The van der Waals surface area contributed by atoms with E-state index in [1.54, 1.807) is 6.07 Å². The van der Waals surface area contributed by atoms with Gasteiger partial charge in [0.05, 0.1) is 12.6 Å². The van der Waals surface area contributed by atoms with Crippen LogP contribution in [0.3, 0.4) is 0 Å². The van der Waals surface area contributed by atoms with E-state index >= 15 is 0 Å². The maximum Gasteiger partial charge on any atom is 0.151 e. The minimum atomic E-state index is -0.461. The number of aliphatic hydroxyl groups excluding tert-OH is 1. The minimum Gasteiger partial charge on any atom is -0.394 e. The number of nitrogens with two attached hydrogens (primary N) is 1. The molecule has 0 aliphatic heterocycles. The van der Waals surface area contributed by atoms with Crippen molar-refractivity contribution in [3.8, 4) is 0 Å². The molecule has 3 N–H and O–H groups in total. The van der Waals surface area contributed by atoms with E-state index in [-0.39, 0.29) is 6.61 Å². The molecule has 0 radical (unpaired) electrons. The van der Waals surface area contributed by atoms with Crippen LogP contribution in [0, 0.1) is 0 Å². The summed E-state index contributed by atoms with van der Waals surface area (Å²) in [6, 6.07) is 1.15. The first-order chi connectivity index (χ1) is 5.77. The van der Waals surface area contributed by atoms with Gasteiger partial charge in [0.15, 0.2) is 6.29 Å².